The Morgan fingerprint density at radius 3 is 2.62 bits per heavy atom. The zero-order valence-corrected chi connectivity index (χ0v) is 10.7. The van der Waals surface area contributed by atoms with Gasteiger partial charge in [0.05, 0.1) is 0 Å². The molecule has 0 saturated carbocycles. The van der Waals surface area contributed by atoms with Crippen molar-refractivity contribution in [1.82, 2.24) is 0 Å². The van der Waals surface area contributed by atoms with E-state index in [1.54, 1.807) is 0 Å². The van der Waals surface area contributed by atoms with Gasteiger partial charge in [-0.1, -0.05) is 63.0 Å². The third-order valence-corrected chi connectivity index (χ3v) is 2.69. The van der Waals surface area contributed by atoms with E-state index in [2.05, 4.69) is 50.8 Å². The lowest BCUT2D eigenvalue weighted by atomic mass is 9.75. The fourth-order valence-electron chi connectivity index (χ4n) is 2.13. The SMILES string of the molecule is C=CC=CC1=CC(=CC=CC)CC(C)(C)C1. The fourth-order valence-corrected chi connectivity index (χ4v) is 2.13. The molecule has 0 aromatic heterocycles. The van der Waals surface area contributed by atoms with Gasteiger partial charge in [-0.05, 0) is 36.3 Å². The van der Waals surface area contributed by atoms with Gasteiger partial charge in [0, 0.05) is 0 Å². The monoisotopic (exact) mass is 214 g/mol. The lowest BCUT2D eigenvalue weighted by molar-refractivity contribution is 0.355. The van der Waals surface area contributed by atoms with Crippen molar-refractivity contribution < 1.29 is 0 Å². The Morgan fingerprint density at radius 2 is 2.00 bits per heavy atom. The van der Waals surface area contributed by atoms with E-state index < -0.39 is 0 Å². The Labute approximate surface area is 99.8 Å². The molecule has 0 atom stereocenters. The van der Waals surface area contributed by atoms with Crippen molar-refractivity contribution in [3.63, 3.8) is 0 Å². The minimum atomic E-state index is 0.364. The number of hydrogen-bond acceptors (Lipinski definition) is 0. The van der Waals surface area contributed by atoms with Crippen LogP contribution in [0.3, 0.4) is 0 Å². The first kappa shape index (κ1) is 12.8. The van der Waals surface area contributed by atoms with Crippen molar-refractivity contribution in [3.05, 3.63) is 60.3 Å². The van der Waals surface area contributed by atoms with E-state index in [4.69, 9.17) is 0 Å². The average Bonchev–Trinajstić information content (AvgIpc) is 2.21. The molecule has 0 radical (unpaired) electrons. The van der Waals surface area contributed by atoms with E-state index in [0.29, 0.717) is 5.41 Å². The minimum absolute atomic E-state index is 0.364. The summed E-state index contributed by atoms with van der Waals surface area (Å²) in [6.07, 6.45) is 17.0. The molecule has 0 unspecified atom stereocenters. The summed E-state index contributed by atoms with van der Waals surface area (Å²) in [4.78, 5) is 0. The third kappa shape index (κ3) is 4.06. The average molecular weight is 214 g/mol. The lowest BCUT2D eigenvalue weighted by Gasteiger charge is -2.30. The maximum Gasteiger partial charge on any atom is -0.0224 e. The molecule has 0 bridgehead atoms. The van der Waals surface area contributed by atoms with Crippen LogP contribution in [0.25, 0.3) is 0 Å². The summed E-state index contributed by atoms with van der Waals surface area (Å²) >= 11 is 0. The predicted octanol–water partition coefficient (Wildman–Crippen LogP) is 4.98. The molecule has 1 aliphatic rings. The first-order valence-electron chi connectivity index (χ1n) is 5.89. The molecule has 86 valence electrons. The van der Waals surface area contributed by atoms with Gasteiger partial charge >= 0.3 is 0 Å². The van der Waals surface area contributed by atoms with Crippen LogP contribution in [0.2, 0.25) is 0 Å². The quantitative estimate of drug-likeness (QED) is 0.581. The first-order valence-corrected chi connectivity index (χ1v) is 5.89. The molecule has 1 rings (SSSR count). The van der Waals surface area contributed by atoms with Crippen LogP contribution in [0.15, 0.2) is 60.3 Å². The highest BCUT2D eigenvalue weighted by molar-refractivity contribution is 5.37. The van der Waals surface area contributed by atoms with Crippen LogP contribution in [0, 0.1) is 5.41 Å². The Kier molecular flexibility index (Phi) is 4.54. The summed E-state index contributed by atoms with van der Waals surface area (Å²) < 4.78 is 0. The molecule has 0 fully saturated rings. The van der Waals surface area contributed by atoms with Gasteiger partial charge in [-0.15, -0.1) is 0 Å². The normalized spacial score (nSPS) is 22.9. The third-order valence-electron chi connectivity index (χ3n) is 2.69. The summed E-state index contributed by atoms with van der Waals surface area (Å²) in [5, 5.41) is 0. The van der Waals surface area contributed by atoms with Crippen molar-refractivity contribution in [2.75, 3.05) is 0 Å². The number of rotatable bonds is 3. The summed E-state index contributed by atoms with van der Waals surface area (Å²) in [6.45, 7) is 10.4. The van der Waals surface area contributed by atoms with E-state index in [0.717, 1.165) is 12.8 Å². The summed E-state index contributed by atoms with van der Waals surface area (Å²) in [6, 6.07) is 0. The molecular formula is C16H22. The summed E-state index contributed by atoms with van der Waals surface area (Å²) in [5.74, 6) is 0. The van der Waals surface area contributed by atoms with Gasteiger partial charge in [-0.3, -0.25) is 0 Å². The molecule has 0 amide bonds. The molecule has 0 N–H and O–H groups in total. The highest BCUT2D eigenvalue weighted by Gasteiger charge is 2.23. The van der Waals surface area contributed by atoms with Crippen molar-refractivity contribution in [2.24, 2.45) is 5.41 Å². The van der Waals surface area contributed by atoms with Gasteiger partial charge in [-0.25, -0.2) is 0 Å². The Balaban J connectivity index is 2.95. The lowest BCUT2D eigenvalue weighted by Crippen LogP contribution is -2.16. The maximum atomic E-state index is 3.71. The highest BCUT2D eigenvalue weighted by atomic mass is 14.3. The van der Waals surface area contributed by atoms with Crippen LogP contribution in [-0.4, -0.2) is 0 Å². The molecule has 0 saturated heterocycles. The Morgan fingerprint density at radius 1 is 1.25 bits per heavy atom. The van der Waals surface area contributed by atoms with Crippen LogP contribution in [-0.2, 0) is 0 Å². The van der Waals surface area contributed by atoms with Gasteiger partial charge in [0.15, 0.2) is 0 Å². The second-order valence-electron chi connectivity index (χ2n) is 5.10. The molecule has 16 heavy (non-hydrogen) atoms. The fraction of sp³-hybridized carbons (Fsp3) is 0.375. The first-order chi connectivity index (χ1) is 7.57. The number of hydrogen-bond donors (Lipinski definition) is 0. The van der Waals surface area contributed by atoms with Crippen molar-refractivity contribution >= 4 is 0 Å². The highest BCUT2D eigenvalue weighted by Crippen LogP contribution is 2.38. The largest absolute Gasteiger partial charge is 0.0991 e. The van der Waals surface area contributed by atoms with Crippen LogP contribution < -0.4 is 0 Å². The molecule has 0 heteroatoms. The predicted molar refractivity (Wildman–Crippen MR) is 73.3 cm³/mol. The van der Waals surface area contributed by atoms with Crippen LogP contribution >= 0.6 is 0 Å². The van der Waals surface area contributed by atoms with E-state index in [9.17, 15) is 0 Å². The number of allylic oxidation sites excluding steroid dienone is 9. The van der Waals surface area contributed by atoms with Gasteiger partial charge in [0.2, 0.25) is 0 Å². The van der Waals surface area contributed by atoms with Crippen LogP contribution in [0.4, 0.5) is 0 Å². The molecular weight excluding hydrogens is 192 g/mol. The topological polar surface area (TPSA) is 0 Å². The Hall–Kier alpha value is -1.30. The van der Waals surface area contributed by atoms with Crippen molar-refractivity contribution in [2.45, 2.75) is 33.6 Å². The van der Waals surface area contributed by atoms with Gasteiger partial charge < -0.3 is 0 Å². The van der Waals surface area contributed by atoms with Crippen molar-refractivity contribution in [3.8, 4) is 0 Å². The zero-order valence-electron chi connectivity index (χ0n) is 10.7. The van der Waals surface area contributed by atoms with E-state index >= 15 is 0 Å². The zero-order chi connectivity index (χ0) is 12.0. The molecule has 0 nitrogen and oxygen atoms in total. The van der Waals surface area contributed by atoms with E-state index in [-0.39, 0.29) is 0 Å². The molecule has 1 aliphatic carbocycles. The van der Waals surface area contributed by atoms with E-state index in [1.807, 2.05) is 19.1 Å². The molecule has 0 spiro atoms. The second-order valence-corrected chi connectivity index (χ2v) is 5.10. The van der Waals surface area contributed by atoms with Crippen LogP contribution in [0.1, 0.15) is 33.6 Å². The minimum Gasteiger partial charge on any atom is -0.0991 e. The summed E-state index contributed by atoms with van der Waals surface area (Å²) in [5.41, 5.74) is 3.17. The smallest absolute Gasteiger partial charge is 0.0224 e. The van der Waals surface area contributed by atoms with Gasteiger partial charge in [-0.2, -0.15) is 0 Å². The van der Waals surface area contributed by atoms with Crippen LogP contribution in [0.5, 0.6) is 0 Å². The summed E-state index contributed by atoms with van der Waals surface area (Å²) in [7, 11) is 0. The second kappa shape index (κ2) is 5.69. The molecule has 0 aromatic rings. The van der Waals surface area contributed by atoms with Crippen molar-refractivity contribution in [1.29, 1.82) is 0 Å². The standard InChI is InChI=1S/C16H22/c1-5-7-9-14-11-15(10-8-6-2)13-16(3,4)12-14/h5-11H,1,12-13H2,2-4H3. The Bertz CT molecular complexity index is 359. The maximum absolute atomic E-state index is 3.71. The van der Waals surface area contributed by atoms with Gasteiger partial charge in [0.1, 0.15) is 0 Å². The molecule has 0 aliphatic heterocycles. The molecule has 0 aromatic carbocycles. The van der Waals surface area contributed by atoms with E-state index in [1.165, 1.54) is 11.1 Å². The molecule has 0 heterocycles. The van der Waals surface area contributed by atoms with Gasteiger partial charge in [0.25, 0.3) is 0 Å².